The monoisotopic (exact) mass is 372 g/mol. The first kappa shape index (κ1) is 16.3. The third-order valence-corrected chi connectivity index (χ3v) is 3.46. The summed E-state index contributed by atoms with van der Waals surface area (Å²) in [5.41, 5.74) is 0.230. The molecule has 0 fully saturated rings. The Hall–Kier alpha value is -2.06. The minimum atomic E-state index is -1.14. The first-order valence-electron chi connectivity index (χ1n) is 6.19. The zero-order chi connectivity index (χ0) is 16.3. The Morgan fingerprint density at radius 2 is 1.95 bits per heavy atom. The van der Waals surface area contributed by atoms with E-state index < -0.39 is 22.7 Å². The Kier molecular flexibility index (Phi) is 5.04. The van der Waals surface area contributed by atoms with E-state index in [9.17, 15) is 24.0 Å². The molecule has 2 aromatic rings. The lowest BCUT2D eigenvalue weighted by Crippen LogP contribution is -2.13. The van der Waals surface area contributed by atoms with Crippen LogP contribution in [0.3, 0.4) is 0 Å². The molecular weight excluding hydrogens is 362 g/mol. The molecule has 0 aliphatic rings. The van der Waals surface area contributed by atoms with E-state index >= 15 is 0 Å². The van der Waals surface area contributed by atoms with Gasteiger partial charge in [-0.2, -0.15) is 0 Å². The summed E-state index contributed by atoms with van der Waals surface area (Å²) in [6.45, 7) is -0.0897. The Balaban J connectivity index is 2.12. The van der Waals surface area contributed by atoms with Crippen molar-refractivity contribution in [2.24, 2.45) is 0 Å². The lowest BCUT2D eigenvalue weighted by atomic mass is 10.1. The minimum absolute atomic E-state index is 0.0897. The molecule has 0 saturated heterocycles. The maximum Gasteiger partial charge on any atom is 0.293 e. The maximum atomic E-state index is 13.1. The van der Waals surface area contributed by atoms with Crippen molar-refractivity contribution in [3.8, 4) is 0 Å². The molecule has 2 rings (SSSR count). The van der Waals surface area contributed by atoms with Crippen LogP contribution in [0.5, 0.6) is 0 Å². The van der Waals surface area contributed by atoms with E-state index in [0.29, 0.717) is 4.47 Å². The fourth-order valence-corrected chi connectivity index (χ4v) is 2.20. The normalized spacial score (nSPS) is 12.0. The van der Waals surface area contributed by atoms with Gasteiger partial charge in [0.15, 0.2) is 11.6 Å². The lowest BCUT2D eigenvalue weighted by Gasteiger charge is -2.13. The third-order valence-electron chi connectivity index (χ3n) is 2.97. The summed E-state index contributed by atoms with van der Waals surface area (Å²) < 4.78 is 26.5. The summed E-state index contributed by atoms with van der Waals surface area (Å²) in [4.78, 5) is 10.4. The van der Waals surface area contributed by atoms with Gasteiger partial charge in [0.2, 0.25) is 0 Å². The number of hydrogen-bond donors (Lipinski definition) is 2. The molecule has 0 amide bonds. The average Bonchev–Trinajstić information content (AvgIpc) is 2.48. The largest absolute Gasteiger partial charge is 0.387 e. The Morgan fingerprint density at radius 3 is 2.59 bits per heavy atom. The molecule has 2 N–H and O–H groups in total. The van der Waals surface area contributed by atoms with Crippen molar-refractivity contribution in [3.63, 3.8) is 0 Å². The van der Waals surface area contributed by atoms with Crippen LogP contribution in [0.4, 0.5) is 20.2 Å². The second-order valence-corrected chi connectivity index (χ2v) is 5.40. The number of aliphatic hydroxyl groups excluding tert-OH is 1. The molecule has 0 radical (unpaired) electrons. The number of nitro benzene ring substituents is 1. The van der Waals surface area contributed by atoms with E-state index in [1.54, 1.807) is 6.07 Å². The van der Waals surface area contributed by atoms with E-state index in [-0.39, 0.29) is 23.5 Å². The van der Waals surface area contributed by atoms with E-state index in [0.717, 1.165) is 12.1 Å². The number of nitrogens with zero attached hydrogens (tertiary/aromatic N) is 1. The Labute approximate surface area is 132 Å². The van der Waals surface area contributed by atoms with Crippen molar-refractivity contribution in [3.05, 3.63) is 68.2 Å². The molecule has 1 unspecified atom stereocenters. The second kappa shape index (κ2) is 6.80. The van der Waals surface area contributed by atoms with Gasteiger partial charge in [-0.15, -0.1) is 0 Å². The van der Waals surface area contributed by atoms with Crippen LogP contribution in [-0.2, 0) is 0 Å². The molecule has 5 nitrogen and oxygen atoms in total. The van der Waals surface area contributed by atoms with Crippen molar-refractivity contribution >= 4 is 27.3 Å². The summed E-state index contributed by atoms with van der Waals surface area (Å²) in [6.07, 6.45) is -1.14. The SMILES string of the molecule is O=[N+]([O-])c1cc(Br)ccc1NCC(O)c1ccc(F)c(F)c1. The summed E-state index contributed by atoms with van der Waals surface area (Å²) in [5, 5.41) is 23.6. The van der Waals surface area contributed by atoms with E-state index in [4.69, 9.17) is 0 Å². The quantitative estimate of drug-likeness (QED) is 0.618. The van der Waals surface area contributed by atoms with Gasteiger partial charge in [-0.05, 0) is 29.8 Å². The van der Waals surface area contributed by atoms with Gasteiger partial charge in [-0.3, -0.25) is 10.1 Å². The summed E-state index contributed by atoms with van der Waals surface area (Å²) in [5.74, 6) is -2.07. The van der Waals surface area contributed by atoms with Crippen LogP contribution < -0.4 is 5.32 Å². The highest BCUT2D eigenvalue weighted by atomic mass is 79.9. The Bertz CT molecular complexity index is 712. The lowest BCUT2D eigenvalue weighted by molar-refractivity contribution is -0.384. The van der Waals surface area contributed by atoms with Crippen molar-refractivity contribution in [1.29, 1.82) is 0 Å². The van der Waals surface area contributed by atoms with E-state index in [2.05, 4.69) is 21.2 Å². The van der Waals surface area contributed by atoms with E-state index in [1.165, 1.54) is 18.2 Å². The van der Waals surface area contributed by atoms with Crippen molar-refractivity contribution < 1.29 is 18.8 Å². The van der Waals surface area contributed by atoms with Crippen LogP contribution in [0.2, 0.25) is 0 Å². The molecule has 0 aliphatic carbocycles. The van der Waals surface area contributed by atoms with Crippen LogP contribution in [0.15, 0.2) is 40.9 Å². The fourth-order valence-electron chi connectivity index (χ4n) is 1.85. The first-order chi connectivity index (χ1) is 10.4. The molecule has 116 valence electrons. The fraction of sp³-hybridized carbons (Fsp3) is 0.143. The smallest absolute Gasteiger partial charge is 0.293 e. The molecule has 0 bridgehead atoms. The maximum absolute atomic E-state index is 13.1. The number of nitro groups is 1. The average molecular weight is 373 g/mol. The van der Waals surface area contributed by atoms with Crippen LogP contribution in [-0.4, -0.2) is 16.6 Å². The van der Waals surface area contributed by atoms with Gasteiger partial charge in [0.1, 0.15) is 5.69 Å². The molecule has 0 aliphatic heterocycles. The van der Waals surface area contributed by atoms with Crippen molar-refractivity contribution in [1.82, 2.24) is 0 Å². The third kappa shape index (κ3) is 3.77. The predicted molar refractivity (Wildman–Crippen MR) is 80.6 cm³/mol. The molecule has 0 heterocycles. The van der Waals surface area contributed by atoms with Crippen LogP contribution in [0.1, 0.15) is 11.7 Å². The van der Waals surface area contributed by atoms with E-state index in [1.807, 2.05) is 0 Å². The second-order valence-electron chi connectivity index (χ2n) is 4.49. The number of rotatable bonds is 5. The van der Waals surface area contributed by atoms with Gasteiger partial charge in [0.25, 0.3) is 5.69 Å². The van der Waals surface area contributed by atoms with Gasteiger partial charge in [-0.25, -0.2) is 8.78 Å². The van der Waals surface area contributed by atoms with Crippen molar-refractivity contribution in [2.45, 2.75) is 6.10 Å². The molecule has 1 atom stereocenters. The Morgan fingerprint density at radius 1 is 1.23 bits per heavy atom. The van der Waals surface area contributed by atoms with Crippen LogP contribution >= 0.6 is 15.9 Å². The molecule has 22 heavy (non-hydrogen) atoms. The standard InChI is InChI=1S/C14H11BrF2N2O3/c15-9-2-4-12(13(6-9)19(21)22)18-7-14(20)8-1-3-10(16)11(17)5-8/h1-6,14,18,20H,7H2. The molecule has 8 heteroatoms. The van der Waals surface area contributed by atoms with Gasteiger partial charge < -0.3 is 10.4 Å². The van der Waals surface area contributed by atoms with Crippen molar-refractivity contribution in [2.75, 3.05) is 11.9 Å². The predicted octanol–water partition coefficient (Wildman–Crippen LogP) is 3.78. The topological polar surface area (TPSA) is 75.4 Å². The summed E-state index contributed by atoms with van der Waals surface area (Å²) in [6, 6.07) is 7.47. The van der Waals surface area contributed by atoms with Gasteiger partial charge >= 0.3 is 0 Å². The number of hydrogen-bond acceptors (Lipinski definition) is 4. The number of anilines is 1. The van der Waals surface area contributed by atoms with Gasteiger partial charge in [-0.1, -0.05) is 22.0 Å². The molecule has 0 aromatic heterocycles. The highest BCUT2D eigenvalue weighted by molar-refractivity contribution is 9.10. The zero-order valence-electron chi connectivity index (χ0n) is 11.1. The highest BCUT2D eigenvalue weighted by Gasteiger charge is 2.16. The summed E-state index contributed by atoms with van der Waals surface area (Å²) >= 11 is 3.14. The number of aliphatic hydroxyl groups is 1. The molecular formula is C14H11BrF2N2O3. The zero-order valence-corrected chi connectivity index (χ0v) is 12.7. The minimum Gasteiger partial charge on any atom is -0.387 e. The van der Waals surface area contributed by atoms with Gasteiger partial charge in [0.05, 0.1) is 11.0 Å². The molecule has 0 saturated carbocycles. The number of halogens is 3. The molecule has 0 spiro atoms. The summed E-state index contributed by atoms with van der Waals surface area (Å²) in [7, 11) is 0. The first-order valence-corrected chi connectivity index (χ1v) is 6.98. The highest BCUT2D eigenvalue weighted by Crippen LogP contribution is 2.28. The molecule has 2 aromatic carbocycles. The van der Waals surface area contributed by atoms with Gasteiger partial charge in [0, 0.05) is 17.1 Å². The van der Waals surface area contributed by atoms with Crippen LogP contribution in [0.25, 0.3) is 0 Å². The number of benzene rings is 2. The number of nitrogens with one attached hydrogen (secondary N) is 1. The van der Waals surface area contributed by atoms with Crippen LogP contribution in [0, 0.1) is 21.7 Å².